The average Bonchev–Trinajstić information content (AvgIpc) is 2.74. The van der Waals surface area contributed by atoms with Gasteiger partial charge < -0.3 is 19.3 Å². The summed E-state index contributed by atoms with van der Waals surface area (Å²) in [6, 6.07) is 0. The van der Waals surface area contributed by atoms with Gasteiger partial charge in [0.15, 0.2) is 0 Å². The summed E-state index contributed by atoms with van der Waals surface area (Å²) in [6.07, 6.45) is 8.48. The summed E-state index contributed by atoms with van der Waals surface area (Å²) in [5.74, 6) is 1.50. The van der Waals surface area contributed by atoms with E-state index in [1.54, 1.807) is 0 Å². The van der Waals surface area contributed by atoms with Crippen LogP contribution in [0.4, 0.5) is 0 Å². The molecule has 154 valence electrons. The van der Waals surface area contributed by atoms with E-state index < -0.39 is 0 Å². The molecule has 0 N–H and O–H groups in total. The molecule has 28 heavy (non-hydrogen) atoms. The van der Waals surface area contributed by atoms with Crippen LogP contribution in [0.5, 0.6) is 0 Å². The summed E-state index contributed by atoms with van der Waals surface area (Å²) in [6.45, 7) is 4.97. The maximum absolute atomic E-state index is 12.5. The minimum Gasteiger partial charge on any atom is -0.376 e. The Hall–Kier alpha value is -1.57. The van der Waals surface area contributed by atoms with E-state index in [-0.39, 0.29) is 18.6 Å². The quantitative estimate of drug-likeness (QED) is 0.766. The van der Waals surface area contributed by atoms with Crippen molar-refractivity contribution in [1.82, 2.24) is 19.8 Å². The Morgan fingerprint density at radius 1 is 1.25 bits per heavy atom. The van der Waals surface area contributed by atoms with Crippen molar-refractivity contribution >= 4 is 5.91 Å². The number of carbonyl (C=O) groups is 1. The van der Waals surface area contributed by atoms with E-state index in [9.17, 15) is 4.79 Å². The molecule has 0 spiro atoms. The lowest BCUT2D eigenvalue weighted by Crippen LogP contribution is -2.39. The molecule has 0 saturated carbocycles. The smallest absolute Gasteiger partial charge is 0.248 e. The van der Waals surface area contributed by atoms with E-state index in [1.807, 2.05) is 11.1 Å². The normalized spacial score (nSPS) is 24.2. The fraction of sp³-hybridized carbons (Fsp3) is 0.762. The highest BCUT2D eigenvalue weighted by Crippen LogP contribution is 2.26. The molecule has 3 aliphatic heterocycles. The largest absolute Gasteiger partial charge is 0.376 e. The molecule has 7 heteroatoms. The van der Waals surface area contributed by atoms with Gasteiger partial charge in [0.2, 0.25) is 5.91 Å². The number of nitrogens with zero attached hydrogens (tertiary/aromatic N) is 4. The van der Waals surface area contributed by atoms with Gasteiger partial charge >= 0.3 is 0 Å². The molecule has 0 radical (unpaired) electrons. The van der Waals surface area contributed by atoms with E-state index >= 15 is 0 Å². The Kier molecular flexibility index (Phi) is 6.54. The average molecular weight is 389 g/mol. The van der Waals surface area contributed by atoms with Crippen molar-refractivity contribution in [2.75, 3.05) is 46.5 Å². The minimum atomic E-state index is 0.0425. The lowest BCUT2D eigenvalue weighted by atomic mass is 9.95. The third kappa shape index (κ3) is 4.88. The number of ether oxygens (including phenoxy) is 2. The summed E-state index contributed by atoms with van der Waals surface area (Å²) in [5.41, 5.74) is 2.19. The van der Waals surface area contributed by atoms with Gasteiger partial charge in [0.1, 0.15) is 12.4 Å². The fourth-order valence-corrected chi connectivity index (χ4v) is 4.32. The van der Waals surface area contributed by atoms with E-state index in [0.29, 0.717) is 25.6 Å². The molecule has 2 saturated heterocycles. The molecule has 0 aromatic carbocycles. The summed E-state index contributed by atoms with van der Waals surface area (Å²) >= 11 is 0. The van der Waals surface area contributed by atoms with Gasteiger partial charge in [-0.2, -0.15) is 0 Å². The second-order valence-corrected chi connectivity index (χ2v) is 8.35. The maximum Gasteiger partial charge on any atom is 0.248 e. The van der Waals surface area contributed by atoms with Crippen LogP contribution in [0.1, 0.15) is 55.1 Å². The van der Waals surface area contributed by atoms with E-state index in [4.69, 9.17) is 14.5 Å². The van der Waals surface area contributed by atoms with Crippen LogP contribution in [0.2, 0.25) is 0 Å². The van der Waals surface area contributed by atoms with E-state index in [2.05, 4.69) is 16.9 Å². The van der Waals surface area contributed by atoms with Crippen LogP contribution < -0.4 is 0 Å². The summed E-state index contributed by atoms with van der Waals surface area (Å²) < 4.78 is 11.3. The van der Waals surface area contributed by atoms with Crippen molar-refractivity contribution in [2.24, 2.45) is 0 Å². The van der Waals surface area contributed by atoms with Gasteiger partial charge in [0.05, 0.1) is 18.4 Å². The zero-order chi connectivity index (χ0) is 19.3. The second kappa shape index (κ2) is 9.29. The minimum absolute atomic E-state index is 0.0425. The lowest BCUT2D eigenvalue weighted by Gasteiger charge is -2.30. The van der Waals surface area contributed by atoms with E-state index in [0.717, 1.165) is 68.9 Å². The maximum atomic E-state index is 12.5. The van der Waals surface area contributed by atoms with Gasteiger partial charge in [0.25, 0.3) is 0 Å². The topological polar surface area (TPSA) is 67.8 Å². The van der Waals surface area contributed by atoms with Crippen LogP contribution in [-0.2, 0) is 27.2 Å². The Bertz CT molecular complexity index is 670. The monoisotopic (exact) mass is 388 g/mol. The fourth-order valence-electron chi connectivity index (χ4n) is 4.32. The van der Waals surface area contributed by atoms with Crippen LogP contribution >= 0.6 is 0 Å². The van der Waals surface area contributed by atoms with Gasteiger partial charge in [-0.3, -0.25) is 4.79 Å². The van der Waals surface area contributed by atoms with Gasteiger partial charge in [0, 0.05) is 43.8 Å². The molecule has 7 nitrogen and oxygen atoms in total. The first-order valence-corrected chi connectivity index (χ1v) is 10.7. The summed E-state index contributed by atoms with van der Waals surface area (Å²) in [5, 5.41) is 0. The van der Waals surface area contributed by atoms with Crippen molar-refractivity contribution in [3.05, 3.63) is 23.3 Å². The Labute approximate surface area is 167 Å². The number of fused-ring (bicyclic) bond motifs is 1. The highest BCUT2D eigenvalue weighted by Gasteiger charge is 2.26. The van der Waals surface area contributed by atoms with Gasteiger partial charge in [-0.05, 0) is 52.2 Å². The van der Waals surface area contributed by atoms with Gasteiger partial charge in [-0.25, -0.2) is 9.97 Å². The predicted octanol–water partition coefficient (Wildman–Crippen LogP) is 1.76. The summed E-state index contributed by atoms with van der Waals surface area (Å²) in [7, 11) is 2.17. The molecule has 1 atom stereocenters. The van der Waals surface area contributed by atoms with Crippen molar-refractivity contribution in [1.29, 1.82) is 0 Å². The third-order valence-corrected chi connectivity index (χ3v) is 6.19. The molecule has 4 rings (SSSR count). The molecule has 1 amide bonds. The van der Waals surface area contributed by atoms with Crippen LogP contribution in [0, 0.1) is 0 Å². The van der Waals surface area contributed by atoms with Crippen LogP contribution in [0.25, 0.3) is 0 Å². The first-order valence-electron chi connectivity index (χ1n) is 10.7. The molecule has 0 unspecified atom stereocenters. The molecule has 2 fully saturated rings. The first-order chi connectivity index (χ1) is 13.7. The van der Waals surface area contributed by atoms with Crippen LogP contribution in [-0.4, -0.2) is 78.3 Å². The Morgan fingerprint density at radius 2 is 2.11 bits per heavy atom. The highest BCUT2D eigenvalue weighted by molar-refractivity contribution is 5.77. The zero-order valence-electron chi connectivity index (χ0n) is 16.9. The van der Waals surface area contributed by atoms with Crippen molar-refractivity contribution < 1.29 is 14.3 Å². The highest BCUT2D eigenvalue weighted by atomic mass is 16.5. The lowest BCUT2D eigenvalue weighted by molar-refractivity contribution is -0.139. The molecular formula is C21H32N4O3. The number of aromatic nitrogens is 2. The van der Waals surface area contributed by atoms with Crippen molar-refractivity contribution in [3.63, 3.8) is 0 Å². The number of hydrogen-bond donors (Lipinski definition) is 0. The number of amides is 1. The Morgan fingerprint density at radius 3 is 2.89 bits per heavy atom. The zero-order valence-corrected chi connectivity index (χ0v) is 16.9. The number of rotatable bonds is 5. The number of piperidine rings is 1. The number of likely N-dealkylation sites (tertiary alicyclic amines) is 1. The first kappa shape index (κ1) is 19.7. The summed E-state index contributed by atoms with van der Waals surface area (Å²) in [4.78, 5) is 26.2. The van der Waals surface area contributed by atoms with Crippen LogP contribution in [0.15, 0.2) is 6.20 Å². The molecular weight excluding hydrogens is 356 g/mol. The second-order valence-electron chi connectivity index (χ2n) is 8.35. The third-order valence-electron chi connectivity index (χ3n) is 6.19. The Balaban J connectivity index is 1.27. The van der Waals surface area contributed by atoms with Crippen molar-refractivity contribution in [3.8, 4) is 0 Å². The molecule has 0 aliphatic carbocycles. The van der Waals surface area contributed by atoms with Gasteiger partial charge in [-0.1, -0.05) is 0 Å². The molecule has 3 aliphatic rings. The van der Waals surface area contributed by atoms with E-state index in [1.165, 1.54) is 6.42 Å². The molecule has 1 aromatic rings. The molecule has 0 bridgehead atoms. The van der Waals surface area contributed by atoms with Crippen LogP contribution in [0.3, 0.4) is 0 Å². The number of hydrogen-bond acceptors (Lipinski definition) is 6. The SMILES string of the molecule is CN1CCC(c2ncc3c(n2)CCN(C(=O)COC[C@H]2CCCCO2)C3)CC1. The molecule has 4 heterocycles. The predicted molar refractivity (Wildman–Crippen MR) is 105 cm³/mol. The van der Waals surface area contributed by atoms with Crippen molar-refractivity contribution in [2.45, 2.75) is 57.1 Å². The standard InChI is InChI=1S/C21H32N4O3/c1-24-8-5-16(6-9-24)21-22-12-17-13-25(10-7-19(17)23-21)20(26)15-27-14-18-4-2-3-11-28-18/h12,16,18H,2-11,13-15H2,1H3/t18-/m1/s1. The van der Waals surface area contributed by atoms with Gasteiger partial charge in [-0.15, -0.1) is 0 Å². The number of carbonyl (C=O) groups excluding carboxylic acids is 1. The molecule has 1 aromatic heterocycles.